The minimum Gasteiger partial charge on any atom is -0.380 e. The lowest BCUT2D eigenvalue weighted by Crippen LogP contribution is -2.41. The molecule has 2 fully saturated rings. The van der Waals surface area contributed by atoms with Crippen LogP contribution in [0.3, 0.4) is 0 Å². The SMILES string of the molecule is Cc1snnc1C(=O)N1C[C@@H]2COC[C@]2(CN(C)C)C1. The lowest BCUT2D eigenvalue weighted by Gasteiger charge is -2.30. The topological polar surface area (TPSA) is 58.6 Å². The van der Waals surface area contributed by atoms with E-state index in [-0.39, 0.29) is 11.3 Å². The zero-order valence-corrected chi connectivity index (χ0v) is 12.9. The molecule has 1 aromatic heterocycles. The van der Waals surface area contributed by atoms with Crippen molar-refractivity contribution in [3.05, 3.63) is 10.6 Å². The molecular weight excluding hydrogens is 276 g/mol. The summed E-state index contributed by atoms with van der Waals surface area (Å²) in [4.78, 5) is 17.6. The maximum Gasteiger partial charge on any atom is 0.275 e. The molecule has 1 aromatic rings. The third-order valence-corrected chi connectivity index (χ3v) is 4.92. The van der Waals surface area contributed by atoms with Crippen LogP contribution in [0, 0.1) is 18.3 Å². The first-order valence-corrected chi connectivity index (χ1v) is 7.60. The van der Waals surface area contributed by atoms with Gasteiger partial charge in [0.15, 0.2) is 5.69 Å². The van der Waals surface area contributed by atoms with Gasteiger partial charge in [-0.15, -0.1) is 5.10 Å². The van der Waals surface area contributed by atoms with E-state index in [9.17, 15) is 4.79 Å². The number of hydrogen-bond acceptors (Lipinski definition) is 6. The summed E-state index contributed by atoms with van der Waals surface area (Å²) in [6.07, 6.45) is 0. The predicted molar refractivity (Wildman–Crippen MR) is 75.8 cm³/mol. The normalized spacial score (nSPS) is 29.2. The molecule has 2 atom stereocenters. The Hall–Kier alpha value is -1.05. The van der Waals surface area contributed by atoms with Crippen molar-refractivity contribution in [1.82, 2.24) is 19.4 Å². The molecule has 20 heavy (non-hydrogen) atoms. The number of fused-ring (bicyclic) bond motifs is 1. The number of carbonyl (C=O) groups excluding carboxylic acids is 1. The van der Waals surface area contributed by atoms with Crippen molar-refractivity contribution >= 4 is 17.4 Å². The van der Waals surface area contributed by atoms with E-state index < -0.39 is 0 Å². The second-order valence-corrected chi connectivity index (χ2v) is 7.13. The summed E-state index contributed by atoms with van der Waals surface area (Å²) in [5, 5.41) is 3.97. The third kappa shape index (κ3) is 2.23. The van der Waals surface area contributed by atoms with Gasteiger partial charge in [0, 0.05) is 31.0 Å². The first-order chi connectivity index (χ1) is 9.52. The molecule has 3 rings (SSSR count). The quantitative estimate of drug-likeness (QED) is 0.813. The van der Waals surface area contributed by atoms with Gasteiger partial charge in [-0.1, -0.05) is 4.49 Å². The van der Waals surface area contributed by atoms with Gasteiger partial charge in [0.1, 0.15) is 0 Å². The fourth-order valence-electron chi connectivity index (χ4n) is 3.42. The van der Waals surface area contributed by atoms with E-state index in [1.54, 1.807) is 0 Å². The van der Waals surface area contributed by atoms with E-state index >= 15 is 0 Å². The molecule has 3 heterocycles. The van der Waals surface area contributed by atoms with E-state index in [1.807, 2.05) is 11.8 Å². The standard InChI is InChI=1S/C13H20N4O2S/c1-9-11(14-15-20-9)12(18)17-4-10-5-19-8-13(10,7-17)6-16(2)3/h10H,4-8H2,1-3H3/t10-,13+/m1/s1. The van der Waals surface area contributed by atoms with Gasteiger partial charge in [0.05, 0.1) is 18.1 Å². The number of nitrogens with zero attached hydrogens (tertiary/aromatic N) is 4. The van der Waals surface area contributed by atoms with Gasteiger partial charge in [-0.05, 0) is 32.6 Å². The Kier molecular flexibility index (Phi) is 3.51. The molecule has 2 aliphatic heterocycles. The first kappa shape index (κ1) is 13.9. The van der Waals surface area contributed by atoms with E-state index in [4.69, 9.17) is 4.74 Å². The Labute approximate surface area is 122 Å². The van der Waals surface area contributed by atoms with Crippen molar-refractivity contribution in [2.45, 2.75) is 6.92 Å². The van der Waals surface area contributed by atoms with Gasteiger partial charge < -0.3 is 14.5 Å². The second-order valence-electron chi connectivity index (χ2n) is 6.18. The smallest absolute Gasteiger partial charge is 0.275 e. The fraction of sp³-hybridized carbons (Fsp3) is 0.769. The van der Waals surface area contributed by atoms with Crippen molar-refractivity contribution in [1.29, 1.82) is 0 Å². The molecule has 0 bridgehead atoms. The van der Waals surface area contributed by atoms with Crippen LogP contribution < -0.4 is 0 Å². The Balaban J connectivity index is 1.79. The molecular formula is C13H20N4O2S. The lowest BCUT2D eigenvalue weighted by molar-refractivity contribution is 0.0691. The molecule has 7 heteroatoms. The van der Waals surface area contributed by atoms with Gasteiger partial charge >= 0.3 is 0 Å². The van der Waals surface area contributed by atoms with Crippen molar-refractivity contribution in [3.63, 3.8) is 0 Å². The highest BCUT2D eigenvalue weighted by molar-refractivity contribution is 7.05. The third-order valence-electron chi connectivity index (χ3n) is 4.29. The molecule has 0 aromatic carbocycles. The molecule has 6 nitrogen and oxygen atoms in total. The van der Waals surface area contributed by atoms with Crippen LogP contribution in [-0.4, -0.2) is 72.2 Å². The second kappa shape index (κ2) is 5.05. The highest BCUT2D eigenvalue weighted by atomic mass is 32.1. The van der Waals surface area contributed by atoms with Gasteiger partial charge in [-0.3, -0.25) is 4.79 Å². The van der Waals surface area contributed by atoms with Crippen molar-refractivity contribution in [3.8, 4) is 0 Å². The molecule has 0 N–H and O–H groups in total. The Bertz CT molecular complexity index is 518. The number of hydrogen-bond donors (Lipinski definition) is 0. The van der Waals surface area contributed by atoms with Crippen molar-refractivity contribution in [2.75, 3.05) is 46.9 Å². The van der Waals surface area contributed by atoms with Gasteiger partial charge in [0.2, 0.25) is 0 Å². The summed E-state index contributed by atoms with van der Waals surface area (Å²) in [5.74, 6) is 0.449. The zero-order valence-electron chi connectivity index (χ0n) is 12.1. The molecule has 110 valence electrons. The minimum absolute atomic E-state index is 0.0174. The number of aromatic nitrogens is 2. The zero-order chi connectivity index (χ0) is 14.3. The fourth-order valence-corrected chi connectivity index (χ4v) is 3.88. The number of aryl methyl sites for hydroxylation is 1. The highest BCUT2D eigenvalue weighted by Gasteiger charge is 2.52. The molecule has 1 amide bonds. The summed E-state index contributed by atoms with van der Waals surface area (Å²) in [5.41, 5.74) is 0.590. The number of likely N-dealkylation sites (tertiary alicyclic amines) is 1. The molecule has 0 radical (unpaired) electrons. The maximum atomic E-state index is 12.6. The summed E-state index contributed by atoms with van der Waals surface area (Å²) in [6.45, 7) is 5.87. The van der Waals surface area contributed by atoms with Crippen LogP contribution in [0.1, 0.15) is 15.4 Å². The number of rotatable bonds is 3. The van der Waals surface area contributed by atoms with Crippen LogP contribution in [0.4, 0.5) is 0 Å². The van der Waals surface area contributed by atoms with Crippen LogP contribution in [0.25, 0.3) is 0 Å². The summed E-state index contributed by atoms with van der Waals surface area (Å²) < 4.78 is 9.53. The number of ether oxygens (including phenoxy) is 1. The Morgan fingerprint density at radius 2 is 2.40 bits per heavy atom. The van der Waals surface area contributed by atoms with Crippen molar-refractivity contribution < 1.29 is 9.53 Å². The summed E-state index contributed by atoms with van der Waals surface area (Å²) in [7, 11) is 4.15. The van der Waals surface area contributed by atoms with Crippen LogP contribution in [0.5, 0.6) is 0 Å². The monoisotopic (exact) mass is 296 g/mol. The molecule has 0 spiro atoms. The highest BCUT2D eigenvalue weighted by Crippen LogP contribution is 2.42. The van der Waals surface area contributed by atoms with Crippen molar-refractivity contribution in [2.24, 2.45) is 11.3 Å². The Morgan fingerprint density at radius 1 is 1.60 bits per heavy atom. The largest absolute Gasteiger partial charge is 0.380 e. The van der Waals surface area contributed by atoms with Crippen LogP contribution in [0.15, 0.2) is 0 Å². The minimum atomic E-state index is 0.0174. The Morgan fingerprint density at radius 3 is 3.05 bits per heavy atom. The molecule has 0 saturated carbocycles. The van der Waals surface area contributed by atoms with Crippen LogP contribution >= 0.6 is 11.5 Å². The summed E-state index contributed by atoms with van der Waals surface area (Å²) >= 11 is 1.28. The van der Waals surface area contributed by atoms with Gasteiger partial charge in [-0.2, -0.15) is 0 Å². The van der Waals surface area contributed by atoms with Crippen LogP contribution in [0.2, 0.25) is 0 Å². The lowest BCUT2D eigenvalue weighted by atomic mass is 9.81. The van der Waals surface area contributed by atoms with E-state index in [2.05, 4.69) is 28.6 Å². The average molecular weight is 296 g/mol. The van der Waals surface area contributed by atoms with Crippen LogP contribution in [-0.2, 0) is 4.74 Å². The van der Waals surface area contributed by atoms with E-state index in [1.165, 1.54) is 11.5 Å². The van der Waals surface area contributed by atoms with Gasteiger partial charge in [-0.25, -0.2) is 0 Å². The maximum absolute atomic E-state index is 12.6. The van der Waals surface area contributed by atoms with E-state index in [0.717, 1.165) is 37.7 Å². The average Bonchev–Trinajstić information content (AvgIpc) is 3.00. The molecule has 0 aliphatic carbocycles. The number of amides is 1. The van der Waals surface area contributed by atoms with Gasteiger partial charge in [0.25, 0.3) is 5.91 Å². The predicted octanol–water partition coefficient (Wildman–Crippen LogP) is 0.497. The number of carbonyl (C=O) groups is 1. The first-order valence-electron chi connectivity index (χ1n) is 6.82. The van der Waals surface area contributed by atoms with E-state index in [0.29, 0.717) is 11.6 Å². The molecule has 0 unspecified atom stereocenters. The molecule has 2 aliphatic rings. The summed E-state index contributed by atoms with van der Waals surface area (Å²) in [6, 6.07) is 0. The molecule has 2 saturated heterocycles.